The van der Waals surface area contributed by atoms with Crippen LogP contribution in [0.2, 0.25) is 0 Å². The number of nitrogens with zero attached hydrogens (tertiary/aromatic N) is 2. The van der Waals surface area contributed by atoms with Gasteiger partial charge in [-0.1, -0.05) is 18.9 Å². The minimum absolute atomic E-state index is 0.215. The van der Waals surface area contributed by atoms with E-state index in [-0.39, 0.29) is 12.6 Å². The Labute approximate surface area is 120 Å². The molecule has 0 saturated heterocycles. The number of hydrogen-bond acceptors (Lipinski definition) is 7. The second-order valence-corrected chi connectivity index (χ2v) is 8.56. The number of aromatic nitrogens is 2. The molecule has 0 aliphatic rings. The molecule has 7 nitrogen and oxygen atoms in total. The minimum Gasteiger partial charge on any atom is -0.407 e. The van der Waals surface area contributed by atoms with Gasteiger partial charge in [0, 0.05) is 12.8 Å². The molecular weight excluding hydrogens is 280 g/mol. The van der Waals surface area contributed by atoms with Crippen LogP contribution >= 0.6 is 0 Å². The van der Waals surface area contributed by atoms with Crippen molar-refractivity contribution in [2.75, 3.05) is 24.7 Å². The molecule has 1 rings (SSSR count). The maximum absolute atomic E-state index is 11.6. The van der Waals surface area contributed by atoms with Crippen LogP contribution in [0.1, 0.15) is 33.6 Å². The number of rotatable bonds is 8. The maximum Gasteiger partial charge on any atom is 0.315 e. The number of nitrogens with one attached hydrogen (secondary N) is 2. The molecule has 116 valence electrons. The van der Waals surface area contributed by atoms with Crippen LogP contribution in [0.25, 0.3) is 0 Å². The molecule has 20 heavy (non-hydrogen) atoms. The number of anilines is 1. The maximum atomic E-state index is 11.6. The minimum atomic E-state index is -3.15. The molecule has 0 unspecified atom stereocenters. The Balaban J connectivity index is 2.49. The van der Waals surface area contributed by atoms with Crippen LogP contribution in [-0.2, 0) is 16.4 Å². The predicted molar refractivity (Wildman–Crippen MR) is 78.3 cm³/mol. The summed E-state index contributed by atoms with van der Waals surface area (Å²) in [7, 11) is -3.15. The molecule has 1 aromatic heterocycles. The van der Waals surface area contributed by atoms with E-state index in [0.29, 0.717) is 18.4 Å². The third-order valence-corrected chi connectivity index (χ3v) is 5.12. The van der Waals surface area contributed by atoms with E-state index in [2.05, 4.69) is 34.7 Å². The molecule has 0 saturated carbocycles. The standard InChI is InChI=1S/C12H24N4O3S/c1-9(2)6-13-7-10-15-16-11(19-10)14-8-12(3,4)20(5,17)18/h9,13H,6-8H2,1-5H3,(H,14,16). The van der Waals surface area contributed by atoms with Gasteiger partial charge in [-0.25, -0.2) is 8.42 Å². The van der Waals surface area contributed by atoms with E-state index in [1.54, 1.807) is 13.8 Å². The van der Waals surface area contributed by atoms with E-state index in [9.17, 15) is 8.42 Å². The molecule has 0 spiro atoms. The molecule has 0 bridgehead atoms. The SMILES string of the molecule is CC(C)CNCc1nnc(NCC(C)(C)S(C)(=O)=O)o1. The van der Waals surface area contributed by atoms with E-state index >= 15 is 0 Å². The lowest BCUT2D eigenvalue weighted by Gasteiger charge is -2.21. The van der Waals surface area contributed by atoms with Crippen LogP contribution in [-0.4, -0.2) is 42.7 Å². The molecule has 0 radical (unpaired) electrons. The summed E-state index contributed by atoms with van der Waals surface area (Å²) in [6, 6.07) is 0.239. The third-order valence-electron chi connectivity index (χ3n) is 2.96. The van der Waals surface area contributed by atoms with Gasteiger partial charge in [0.05, 0.1) is 11.3 Å². The van der Waals surface area contributed by atoms with Crippen molar-refractivity contribution in [3.63, 3.8) is 0 Å². The van der Waals surface area contributed by atoms with Crippen molar-refractivity contribution in [2.24, 2.45) is 5.92 Å². The van der Waals surface area contributed by atoms with Gasteiger partial charge < -0.3 is 15.1 Å². The summed E-state index contributed by atoms with van der Waals surface area (Å²) in [5.74, 6) is 1.02. The highest BCUT2D eigenvalue weighted by atomic mass is 32.2. The van der Waals surface area contributed by atoms with Gasteiger partial charge in [-0.15, -0.1) is 5.10 Å². The summed E-state index contributed by atoms with van der Waals surface area (Å²) in [5, 5.41) is 13.8. The van der Waals surface area contributed by atoms with E-state index in [0.717, 1.165) is 6.54 Å². The van der Waals surface area contributed by atoms with Crippen molar-refractivity contribution in [3.8, 4) is 0 Å². The van der Waals surface area contributed by atoms with Gasteiger partial charge in [-0.05, 0) is 26.3 Å². The van der Waals surface area contributed by atoms with Crippen molar-refractivity contribution < 1.29 is 12.8 Å². The summed E-state index contributed by atoms with van der Waals surface area (Å²) >= 11 is 0. The van der Waals surface area contributed by atoms with Crippen molar-refractivity contribution >= 4 is 15.9 Å². The molecular formula is C12H24N4O3S. The lowest BCUT2D eigenvalue weighted by molar-refractivity contribution is 0.457. The Hall–Kier alpha value is -1.15. The molecule has 1 heterocycles. The summed E-state index contributed by atoms with van der Waals surface area (Å²) in [6.07, 6.45) is 1.21. The van der Waals surface area contributed by atoms with Crippen LogP contribution in [0, 0.1) is 5.92 Å². The summed E-state index contributed by atoms with van der Waals surface area (Å²) in [5.41, 5.74) is 0. The highest BCUT2D eigenvalue weighted by molar-refractivity contribution is 7.92. The van der Waals surface area contributed by atoms with Crippen molar-refractivity contribution in [1.29, 1.82) is 0 Å². The summed E-state index contributed by atoms with van der Waals surface area (Å²) in [6.45, 7) is 9.11. The average molecular weight is 304 g/mol. The lowest BCUT2D eigenvalue weighted by Crippen LogP contribution is -2.38. The van der Waals surface area contributed by atoms with Gasteiger partial charge >= 0.3 is 6.01 Å². The van der Waals surface area contributed by atoms with Crippen molar-refractivity contribution in [3.05, 3.63) is 5.89 Å². The van der Waals surface area contributed by atoms with Crippen molar-refractivity contribution in [1.82, 2.24) is 15.5 Å². The van der Waals surface area contributed by atoms with Crippen molar-refractivity contribution in [2.45, 2.75) is 39.0 Å². The average Bonchev–Trinajstić information content (AvgIpc) is 2.72. The van der Waals surface area contributed by atoms with Crippen LogP contribution in [0.4, 0.5) is 6.01 Å². The monoisotopic (exact) mass is 304 g/mol. The van der Waals surface area contributed by atoms with Crippen LogP contribution < -0.4 is 10.6 Å². The van der Waals surface area contributed by atoms with E-state index in [1.807, 2.05) is 0 Å². The largest absolute Gasteiger partial charge is 0.407 e. The molecule has 0 atom stereocenters. The lowest BCUT2D eigenvalue weighted by atomic mass is 10.2. The molecule has 0 aliphatic heterocycles. The Morgan fingerprint density at radius 1 is 1.30 bits per heavy atom. The number of sulfone groups is 1. The topological polar surface area (TPSA) is 97.1 Å². The summed E-state index contributed by atoms with van der Waals surface area (Å²) < 4.78 is 27.6. The second kappa shape index (κ2) is 6.53. The zero-order valence-electron chi connectivity index (χ0n) is 12.7. The van der Waals surface area contributed by atoms with Gasteiger partial charge in [-0.2, -0.15) is 0 Å². The smallest absolute Gasteiger partial charge is 0.315 e. The number of hydrogen-bond donors (Lipinski definition) is 2. The van der Waals surface area contributed by atoms with Gasteiger partial charge in [-0.3, -0.25) is 0 Å². The fraction of sp³-hybridized carbons (Fsp3) is 0.833. The molecule has 0 amide bonds. The van der Waals surface area contributed by atoms with E-state index in [4.69, 9.17) is 4.42 Å². The van der Waals surface area contributed by atoms with Crippen LogP contribution in [0.5, 0.6) is 0 Å². The van der Waals surface area contributed by atoms with E-state index < -0.39 is 14.6 Å². The van der Waals surface area contributed by atoms with Gasteiger partial charge in [0.1, 0.15) is 0 Å². The first-order chi connectivity index (χ1) is 9.12. The van der Waals surface area contributed by atoms with E-state index in [1.165, 1.54) is 6.26 Å². The predicted octanol–water partition coefficient (Wildman–Crippen LogP) is 1.05. The Morgan fingerprint density at radius 3 is 2.50 bits per heavy atom. The third kappa shape index (κ3) is 5.09. The van der Waals surface area contributed by atoms with Gasteiger partial charge in [0.25, 0.3) is 0 Å². The Kier molecular flexibility index (Phi) is 5.52. The zero-order valence-corrected chi connectivity index (χ0v) is 13.5. The Bertz CT molecular complexity index is 523. The first-order valence-electron chi connectivity index (χ1n) is 6.58. The molecule has 2 N–H and O–H groups in total. The molecule has 0 fully saturated rings. The quantitative estimate of drug-likeness (QED) is 0.741. The van der Waals surface area contributed by atoms with Crippen LogP contribution in [0.3, 0.4) is 0 Å². The van der Waals surface area contributed by atoms with Crippen LogP contribution in [0.15, 0.2) is 4.42 Å². The Morgan fingerprint density at radius 2 is 1.95 bits per heavy atom. The molecule has 8 heteroatoms. The molecule has 0 aliphatic carbocycles. The summed E-state index contributed by atoms with van der Waals surface area (Å²) in [4.78, 5) is 0. The highest BCUT2D eigenvalue weighted by Gasteiger charge is 2.30. The van der Waals surface area contributed by atoms with Gasteiger partial charge in [0.2, 0.25) is 5.89 Å². The van der Waals surface area contributed by atoms with Gasteiger partial charge in [0.15, 0.2) is 9.84 Å². The first kappa shape index (κ1) is 16.9. The fourth-order valence-corrected chi connectivity index (χ4v) is 1.62. The second-order valence-electron chi connectivity index (χ2n) is 5.91. The fourth-order valence-electron chi connectivity index (χ4n) is 1.28. The normalized spacial score (nSPS) is 12.9. The molecule has 1 aromatic rings. The zero-order chi connectivity index (χ0) is 15.4. The highest BCUT2D eigenvalue weighted by Crippen LogP contribution is 2.16. The first-order valence-corrected chi connectivity index (χ1v) is 8.47. The molecule has 0 aromatic carbocycles.